The molecule has 116 valence electrons. The highest BCUT2D eigenvalue weighted by Gasteiger charge is 2.26. The van der Waals surface area contributed by atoms with Gasteiger partial charge in [0, 0.05) is 6.92 Å². The Morgan fingerprint density at radius 2 is 2.00 bits per heavy atom. The van der Waals surface area contributed by atoms with Crippen LogP contribution in [0.25, 0.3) is 0 Å². The van der Waals surface area contributed by atoms with Gasteiger partial charge in [-0.25, -0.2) is 17.6 Å². The molecular formula is C13H16FNO5S. The summed E-state index contributed by atoms with van der Waals surface area (Å²) in [4.78, 5) is 21.8. The normalized spacial score (nSPS) is 12.7. The third kappa shape index (κ3) is 5.50. The zero-order chi connectivity index (χ0) is 16.2. The van der Waals surface area contributed by atoms with Crippen molar-refractivity contribution in [2.75, 3.05) is 5.75 Å². The van der Waals surface area contributed by atoms with Gasteiger partial charge in [0.05, 0.1) is 11.5 Å². The molecule has 1 aromatic rings. The molecule has 8 heteroatoms. The number of benzene rings is 1. The maximum Gasteiger partial charge on any atom is 0.327 e. The van der Waals surface area contributed by atoms with Gasteiger partial charge in [0.15, 0.2) is 9.84 Å². The van der Waals surface area contributed by atoms with E-state index < -0.39 is 45.1 Å². The van der Waals surface area contributed by atoms with E-state index in [-0.39, 0.29) is 0 Å². The molecule has 1 rings (SSSR count). The van der Waals surface area contributed by atoms with Crippen molar-refractivity contribution in [3.05, 3.63) is 35.1 Å². The lowest BCUT2D eigenvalue weighted by Gasteiger charge is -2.14. The summed E-state index contributed by atoms with van der Waals surface area (Å²) >= 11 is 0. The number of amides is 1. The van der Waals surface area contributed by atoms with E-state index in [0.29, 0.717) is 11.1 Å². The molecule has 21 heavy (non-hydrogen) atoms. The number of halogens is 1. The second-order valence-corrected chi connectivity index (χ2v) is 6.83. The molecular weight excluding hydrogens is 301 g/mol. The summed E-state index contributed by atoms with van der Waals surface area (Å²) < 4.78 is 37.0. The Balaban J connectivity index is 2.90. The molecule has 0 saturated carbocycles. The van der Waals surface area contributed by atoms with E-state index in [0.717, 1.165) is 13.0 Å². The minimum absolute atomic E-state index is 0.392. The van der Waals surface area contributed by atoms with Crippen LogP contribution in [0.4, 0.5) is 4.39 Å². The lowest BCUT2D eigenvalue weighted by atomic mass is 10.1. The first-order valence-electron chi connectivity index (χ1n) is 6.06. The van der Waals surface area contributed by atoms with Gasteiger partial charge >= 0.3 is 5.97 Å². The van der Waals surface area contributed by atoms with Gasteiger partial charge in [-0.3, -0.25) is 4.79 Å². The number of carbonyl (C=O) groups excluding carboxylic acids is 1. The fourth-order valence-electron chi connectivity index (χ4n) is 1.79. The van der Waals surface area contributed by atoms with E-state index in [1.807, 2.05) is 0 Å². The van der Waals surface area contributed by atoms with E-state index in [4.69, 9.17) is 5.11 Å². The van der Waals surface area contributed by atoms with Crippen LogP contribution >= 0.6 is 0 Å². The molecule has 1 aromatic carbocycles. The van der Waals surface area contributed by atoms with Crippen molar-refractivity contribution in [1.82, 2.24) is 5.32 Å². The summed E-state index contributed by atoms with van der Waals surface area (Å²) in [6.45, 7) is 2.67. The van der Waals surface area contributed by atoms with Gasteiger partial charge in [-0.15, -0.1) is 0 Å². The second-order valence-electron chi connectivity index (χ2n) is 4.72. The van der Waals surface area contributed by atoms with Crippen LogP contribution in [-0.4, -0.2) is 37.2 Å². The minimum Gasteiger partial charge on any atom is -0.480 e. The largest absolute Gasteiger partial charge is 0.480 e. The molecule has 0 fully saturated rings. The number of nitrogens with one attached hydrogen (secondary N) is 1. The number of hydrogen-bond donors (Lipinski definition) is 2. The zero-order valence-corrected chi connectivity index (χ0v) is 12.4. The Bertz CT molecular complexity index is 657. The minimum atomic E-state index is -3.78. The molecule has 0 spiro atoms. The Morgan fingerprint density at radius 3 is 2.48 bits per heavy atom. The lowest BCUT2D eigenvalue weighted by molar-refractivity contribution is -0.140. The number of aliphatic carboxylic acids is 1. The third-order valence-electron chi connectivity index (χ3n) is 2.78. The standard InChI is InChI=1S/C13H16FNO5S/c1-8-5-11(14)4-3-10(8)6-21(19,20)7-12(13(17)18)15-9(2)16/h3-5,12H,6-7H2,1-2H3,(H,15,16)(H,17,18). The predicted octanol–water partition coefficient (Wildman–Crippen LogP) is 0.638. The van der Waals surface area contributed by atoms with Crippen LogP contribution in [-0.2, 0) is 25.2 Å². The Kier molecular flexibility index (Phi) is 5.42. The van der Waals surface area contributed by atoms with Gasteiger partial charge in [0.1, 0.15) is 11.9 Å². The molecule has 1 amide bonds. The number of carboxylic acid groups (broad SMARTS) is 1. The van der Waals surface area contributed by atoms with Crippen LogP contribution in [0, 0.1) is 12.7 Å². The fraction of sp³-hybridized carbons (Fsp3) is 0.385. The van der Waals surface area contributed by atoms with Crippen molar-refractivity contribution in [2.45, 2.75) is 25.6 Å². The monoisotopic (exact) mass is 317 g/mol. The van der Waals surface area contributed by atoms with Crippen molar-refractivity contribution in [3.8, 4) is 0 Å². The zero-order valence-electron chi connectivity index (χ0n) is 11.6. The van der Waals surface area contributed by atoms with Crippen molar-refractivity contribution in [3.63, 3.8) is 0 Å². The predicted molar refractivity (Wildman–Crippen MR) is 73.9 cm³/mol. The number of aryl methyl sites for hydroxylation is 1. The smallest absolute Gasteiger partial charge is 0.327 e. The average Bonchev–Trinajstić information content (AvgIpc) is 2.31. The topological polar surface area (TPSA) is 101 Å². The highest BCUT2D eigenvalue weighted by atomic mass is 32.2. The fourth-order valence-corrected chi connectivity index (χ4v) is 3.44. The molecule has 0 saturated heterocycles. The van der Waals surface area contributed by atoms with Crippen LogP contribution in [0.5, 0.6) is 0 Å². The summed E-state index contributed by atoms with van der Waals surface area (Å²) in [6, 6.07) is 2.18. The molecule has 6 nitrogen and oxygen atoms in total. The molecule has 0 aliphatic carbocycles. The average molecular weight is 317 g/mol. The highest BCUT2D eigenvalue weighted by molar-refractivity contribution is 7.90. The van der Waals surface area contributed by atoms with Crippen molar-refractivity contribution >= 4 is 21.7 Å². The Morgan fingerprint density at radius 1 is 1.38 bits per heavy atom. The van der Waals surface area contributed by atoms with Gasteiger partial charge in [-0.05, 0) is 30.2 Å². The molecule has 0 aliphatic rings. The second kappa shape index (κ2) is 6.66. The van der Waals surface area contributed by atoms with Gasteiger partial charge < -0.3 is 10.4 Å². The van der Waals surface area contributed by atoms with Crippen LogP contribution in [0.2, 0.25) is 0 Å². The Labute approximate surface area is 121 Å². The molecule has 1 atom stereocenters. The number of carbonyl (C=O) groups is 2. The molecule has 0 aromatic heterocycles. The van der Waals surface area contributed by atoms with Crippen LogP contribution < -0.4 is 5.32 Å². The van der Waals surface area contributed by atoms with E-state index in [9.17, 15) is 22.4 Å². The number of sulfone groups is 1. The highest BCUT2D eigenvalue weighted by Crippen LogP contribution is 2.14. The van der Waals surface area contributed by atoms with Crippen LogP contribution in [0.15, 0.2) is 18.2 Å². The quantitative estimate of drug-likeness (QED) is 0.802. The van der Waals surface area contributed by atoms with Crippen LogP contribution in [0.1, 0.15) is 18.1 Å². The number of hydrogen-bond acceptors (Lipinski definition) is 4. The SMILES string of the molecule is CC(=O)NC(CS(=O)(=O)Cc1ccc(F)cc1C)C(=O)O. The third-order valence-corrected chi connectivity index (χ3v) is 4.37. The lowest BCUT2D eigenvalue weighted by Crippen LogP contribution is -2.44. The first-order chi connectivity index (χ1) is 9.60. The molecule has 0 aliphatic heterocycles. The van der Waals surface area contributed by atoms with E-state index in [2.05, 4.69) is 5.32 Å². The van der Waals surface area contributed by atoms with Gasteiger partial charge in [0.25, 0.3) is 0 Å². The Hall–Kier alpha value is -1.96. The van der Waals surface area contributed by atoms with Crippen molar-refractivity contribution in [1.29, 1.82) is 0 Å². The molecule has 1 unspecified atom stereocenters. The molecule has 0 heterocycles. The molecule has 0 bridgehead atoms. The summed E-state index contributed by atoms with van der Waals surface area (Å²) in [5.41, 5.74) is 0.855. The van der Waals surface area contributed by atoms with E-state index in [1.165, 1.54) is 12.1 Å². The molecule has 2 N–H and O–H groups in total. The summed E-state index contributed by atoms with van der Waals surface area (Å²) in [5.74, 6) is -3.67. The first-order valence-corrected chi connectivity index (χ1v) is 7.88. The van der Waals surface area contributed by atoms with Crippen LogP contribution in [0.3, 0.4) is 0 Å². The first kappa shape index (κ1) is 17.1. The van der Waals surface area contributed by atoms with Crippen molar-refractivity contribution < 1.29 is 27.5 Å². The maximum atomic E-state index is 13.0. The summed E-state index contributed by atoms with van der Waals surface area (Å²) in [7, 11) is -3.78. The number of rotatable bonds is 6. The number of carboxylic acids is 1. The van der Waals surface area contributed by atoms with Crippen molar-refractivity contribution in [2.24, 2.45) is 0 Å². The van der Waals surface area contributed by atoms with E-state index >= 15 is 0 Å². The summed E-state index contributed by atoms with van der Waals surface area (Å²) in [5, 5.41) is 11.0. The maximum absolute atomic E-state index is 13.0. The molecule has 0 radical (unpaired) electrons. The van der Waals surface area contributed by atoms with Gasteiger partial charge in [-0.1, -0.05) is 6.07 Å². The summed E-state index contributed by atoms with van der Waals surface area (Å²) in [6.07, 6.45) is 0. The van der Waals surface area contributed by atoms with Gasteiger partial charge in [0.2, 0.25) is 5.91 Å². The van der Waals surface area contributed by atoms with Gasteiger partial charge in [-0.2, -0.15) is 0 Å². The van der Waals surface area contributed by atoms with E-state index in [1.54, 1.807) is 6.92 Å².